The van der Waals surface area contributed by atoms with Gasteiger partial charge in [0.05, 0.1) is 34.0 Å². The van der Waals surface area contributed by atoms with Crippen molar-refractivity contribution in [3.63, 3.8) is 0 Å². The molecule has 5 rings (SSSR count). The van der Waals surface area contributed by atoms with Crippen molar-refractivity contribution in [1.29, 1.82) is 0 Å². The van der Waals surface area contributed by atoms with Crippen LogP contribution in [0.5, 0.6) is 0 Å². The van der Waals surface area contributed by atoms with E-state index >= 15 is 0 Å². The molecule has 9 nitrogen and oxygen atoms in total. The zero-order valence-electron chi connectivity index (χ0n) is 16.7. The summed E-state index contributed by atoms with van der Waals surface area (Å²) in [5.74, 6) is 0.284. The first-order chi connectivity index (χ1) is 15.4. The van der Waals surface area contributed by atoms with Gasteiger partial charge in [-0.25, -0.2) is 14.4 Å². The molecule has 0 saturated carbocycles. The molecule has 3 heterocycles. The minimum Gasteiger partial charge on any atom is -0.368 e. The second-order valence-electron chi connectivity index (χ2n) is 7.12. The summed E-state index contributed by atoms with van der Waals surface area (Å²) in [5, 5.41) is 3.72. The van der Waals surface area contributed by atoms with Gasteiger partial charge in [0.25, 0.3) is 5.56 Å². The molecule has 2 aromatic carbocycles. The van der Waals surface area contributed by atoms with Crippen LogP contribution >= 0.6 is 11.6 Å². The zero-order chi connectivity index (χ0) is 22.4. The summed E-state index contributed by atoms with van der Waals surface area (Å²) in [5.41, 5.74) is 7.09. The van der Waals surface area contributed by atoms with E-state index in [0.717, 1.165) is 0 Å². The molecule has 0 fully saturated rings. The van der Waals surface area contributed by atoms with Gasteiger partial charge in [-0.15, -0.1) is 0 Å². The maximum Gasteiger partial charge on any atom is 0.267 e. The lowest BCUT2D eigenvalue weighted by molar-refractivity contribution is 0.624. The van der Waals surface area contributed by atoms with Crippen LogP contribution < -0.4 is 16.6 Å². The van der Waals surface area contributed by atoms with Crippen molar-refractivity contribution in [3.05, 3.63) is 75.8 Å². The van der Waals surface area contributed by atoms with Gasteiger partial charge in [0.1, 0.15) is 17.2 Å². The highest BCUT2D eigenvalue weighted by Crippen LogP contribution is 2.26. The molecule has 11 heteroatoms. The van der Waals surface area contributed by atoms with Gasteiger partial charge in [-0.1, -0.05) is 23.7 Å². The SMILES string of the molecule is CC(Nc1nc(N)nc2nc[nH]c12)c1nc2cccc(Cl)c2c(=O)n1-c1cccc(F)c1. The Morgan fingerprint density at radius 1 is 1.19 bits per heavy atom. The van der Waals surface area contributed by atoms with Crippen molar-refractivity contribution < 1.29 is 4.39 Å². The van der Waals surface area contributed by atoms with E-state index in [-0.39, 0.29) is 16.4 Å². The highest BCUT2D eigenvalue weighted by molar-refractivity contribution is 6.35. The number of aromatic amines is 1. The van der Waals surface area contributed by atoms with Gasteiger partial charge in [-0.3, -0.25) is 9.36 Å². The number of rotatable bonds is 4. The van der Waals surface area contributed by atoms with Crippen LogP contribution in [0, 0.1) is 5.82 Å². The van der Waals surface area contributed by atoms with E-state index in [1.165, 1.54) is 29.1 Å². The van der Waals surface area contributed by atoms with Gasteiger partial charge in [0.15, 0.2) is 11.5 Å². The fourth-order valence-electron chi connectivity index (χ4n) is 3.59. The van der Waals surface area contributed by atoms with E-state index in [0.29, 0.717) is 34.0 Å². The Morgan fingerprint density at radius 2 is 2.00 bits per heavy atom. The molecule has 32 heavy (non-hydrogen) atoms. The normalized spacial score (nSPS) is 12.3. The number of anilines is 2. The Labute approximate surface area is 185 Å². The standard InChI is InChI=1S/C21H16ClFN8O/c1-10(27-18-16-17(26-9-25-16)29-21(24)30-18)19-28-14-7-3-6-13(22)15(14)20(32)31(19)12-5-2-4-11(23)8-12/h2-10H,1H3,(H4,24,25,26,27,29,30). The molecule has 0 aliphatic carbocycles. The summed E-state index contributed by atoms with van der Waals surface area (Å²) in [6.45, 7) is 1.80. The van der Waals surface area contributed by atoms with Gasteiger partial charge in [0.2, 0.25) is 5.95 Å². The van der Waals surface area contributed by atoms with Crippen molar-refractivity contribution in [2.75, 3.05) is 11.1 Å². The van der Waals surface area contributed by atoms with E-state index in [1.807, 2.05) is 0 Å². The maximum atomic E-state index is 14.0. The number of hydrogen-bond acceptors (Lipinski definition) is 7. The van der Waals surface area contributed by atoms with Crippen LogP contribution in [-0.4, -0.2) is 29.5 Å². The largest absolute Gasteiger partial charge is 0.368 e. The molecular formula is C21H16ClFN8O. The minimum absolute atomic E-state index is 0.0417. The van der Waals surface area contributed by atoms with Crippen molar-refractivity contribution >= 4 is 45.4 Å². The Kier molecular flexibility index (Phi) is 4.71. The lowest BCUT2D eigenvalue weighted by Gasteiger charge is -2.20. The van der Waals surface area contributed by atoms with Crippen LogP contribution in [0.4, 0.5) is 16.2 Å². The number of nitrogens with two attached hydrogens (primary N) is 1. The molecule has 4 N–H and O–H groups in total. The Balaban J connectivity index is 1.72. The van der Waals surface area contributed by atoms with Crippen LogP contribution in [0.1, 0.15) is 18.8 Å². The predicted octanol–water partition coefficient (Wildman–Crippen LogP) is 3.60. The van der Waals surface area contributed by atoms with Gasteiger partial charge < -0.3 is 16.0 Å². The average Bonchev–Trinajstić information content (AvgIpc) is 3.22. The van der Waals surface area contributed by atoms with Crippen LogP contribution in [0.25, 0.3) is 27.8 Å². The van der Waals surface area contributed by atoms with Crippen LogP contribution in [0.2, 0.25) is 5.02 Å². The second-order valence-corrected chi connectivity index (χ2v) is 7.53. The number of benzene rings is 2. The molecule has 0 aliphatic heterocycles. The molecular weight excluding hydrogens is 435 g/mol. The number of halogens is 2. The van der Waals surface area contributed by atoms with E-state index in [9.17, 15) is 9.18 Å². The Hall–Kier alpha value is -4.05. The van der Waals surface area contributed by atoms with Crippen molar-refractivity contribution in [1.82, 2.24) is 29.5 Å². The molecule has 0 bridgehead atoms. The predicted molar refractivity (Wildman–Crippen MR) is 120 cm³/mol. The maximum absolute atomic E-state index is 14.0. The molecule has 1 atom stereocenters. The van der Waals surface area contributed by atoms with Gasteiger partial charge in [0, 0.05) is 0 Å². The molecule has 3 aromatic heterocycles. The number of fused-ring (bicyclic) bond motifs is 2. The summed E-state index contributed by atoms with van der Waals surface area (Å²) >= 11 is 6.30. The van der Waals surface area contributed by atoms with Crippen LogP contribution in [-0.2, 0) is 0 Å². The van der Waals surface area contributed by atoms with Gasteiger partial charge in [-0.2, -0.15) is 9.97 Å². The first-order valence-corrected chi connectivity index (χ1v) is 10.0. The molecule has 1 unspecified atom stereocenters. The fraction of sp³-hybridized carbons (Fsp3) is 0.0952. The third-order valence-corrected chi connectivity index (χ3v) is 5.30. The molecule has 0 aliphatic rings. The number of nitrogen functional groups attached to an aromatic ring is 1. The quantitative estimate of drug-likeness (QED) is 0.381. The Bertz CT molecular complexity index is 1550. The molecule has 0 saturated heterocycles. The summed E-state index contributed by atoms with van der Waals surface area (Å²) < 4.78 is 15.4. The summed E-state index contributed by atoms with van der Waals surface area (Å²) in [6.07, 6.45) is 1.48. The monoisotopic (exact) mass is 450 g/mol. The lowest BCUT2D eigenvalue weighted by Crippen LogP contribution is -2.27. The van der Waals surface area contributed by atoms with E-state index < -0.39 is 17.4 Å². The van der Waals surface area contributed by atoms with E-state index in [4.69, 9.17) is 17.3 Å². The number of imidazole rings is 1. The van der Waals surface area contributed by atoms with Crippen molar-refractivity contribution in [2.45, 2.75) is 13.0 Å². The van der Waals surface area contributed by atoms with Crippen molar-refractivity contribution in [3.8, 4) is 5.69 Å². The van der Waals surface area contributed by atoms with E-state index in [2.05, 4.69) is 30.2 Å². The van der Waals surface area contributed by atoms with Crippen LogP contribution in [0.3, 0.4) is 0 Å². The number of nitrogens with zero attached hydrogens (tertiary/aromatic N) is 5. The highest BCUT2D eigenvalue weighted by atomic mass is 35.5. The molecule has 0 spiro atoms. The summed E-state index contributed by atoms with van der Waals surface area (Å²) in [4.78, 5) is 33.6. The lowest BCUT2D eigenvalue weighted by atomic mass is 10.2. The minimum atomic E-state index is -0.546. The summed E-state index contributed by atoms with van der Waals surface area (Å²) in [7, 11) is 0. The van der Waals surface area contributed by atoms with Crippen LogP contribution in [0.15, 0.2) is 53.6 Å². The summed E-state index contributed by atoms with van der Waals surface area (Å²) in [6, 6.07) is 10.2. The first kappa shape index (κ1) is 19.9. The third kappa shape index (κ3) is 3.30. The van der Waals surface area contributed by atoms with Gasteiger partial charge in [-0.05, 0) is 37.3 Å². The number of H-pyrrole nitrogens is 1. The van der Waals surface area contributed by atoms with Gasteiger partial charge >= 0.3 is 0 Å². The zero-order valence-corrected chi connectivity index (χ0v) is 17.4. The third-order valence-electron chi connectivity index (χ3n) is 4.98. The first-order valence-electron chi connectivity index (χ1n) is 9.62. The molecule has 0 radical (unpaired) electrons. The smallest absolute Gasteiger partial charge is 0.267 e. The molecule has 0 amide bonds. The topological polar surface area (TPSA) is 127 Å². The Morgan fingerprint density at radius 3 is 2.81 bits per heavy atom. The fourth-order valence-corrected chi connectivity index (χ4v) is 3.84. The highest BCUT2D eigenvalue weighted by Gasteiger charge is 2.21. The molecule has 5 aromatic rings. The number of hydrogen-bond donors (Lipinski definition) is 3. The van der Waals surface area contributed by atoms with E-state index in [1.54, 1.807) is 31.2 Å². The van der Waals surface area contributed by atoms with Crippen molar-refractivity contribution in [2.24, 2.45) is 0 Å². The molecule has 160 valence electrons. The second kappa shape index (κ2) is 7.57. The number of aromatic nitrogens is 6. The number of nitrogens with one attached hydrogen (secondary N) is 2. The average molecular weight is 451 g/mol.